The molecule has 0 aliphatic carbocycles. The third kappa shape index (κ3) is 23.5. The van der Waals surface area contributed by atoms with Crippen molar-refractivity contribution in [3.05, 3.63) is 0 Å². The Labute approximate surface area is 221 Å². The van der Waals surface area contributed by atoms with Crippen molar-refractivity contribution in [2.45, 2.75) is 155 Å². The molecule has 210 valence electrons. The van der Waals surface area contributed by atoms with Gasteiger partial charge in [0.2, 0.25) is 5.91 Å². The maximum atomic E-state index is 12.5. The number of nitrogens with zero attached hydrogens (tertiary/aromatic N) is 2. The van der Waals surface area contributed by atoms with Gasteiger partial charge in [0.15, 0.2) is 0 Å². The highest BCUT2D eigenvalue weighted by Crippen LogP contribution is 2.16. The van der Waals surface area contributed by atoms with Crippen LogP contribution in [0, 0.1) is 0 Å². The first-order valence-corrected chi connectivity index (χ1v) is 15.7. The average molecular weight is 496 g/mol. The van der Waals surface area contributed by atoms with Gasteiger partial charge in [-0.3, -0.25) is 4.79 Å². The maximum Gasteiger partial charge on any atom is 0.221 e. The van der Waals surface area contributed by atoms with Gasteiger partial charge in [-0.05, 0) is 59.4 Å². The predicted octanol–water partition coefficient (Wildman–Crippen LogP) is 8.20. The van der Waals surface area contributed by atoms with Crippen LogP contribution in [0.1, 0.15) is 149 Å². The van der Waals surface area contributed by atoms with E-state index in [1.807, 2.05) is 0 Å². The van der Waals surface area contributed by atoms with Gasteiger partial charge < -0.3 is 15.1 Å². The summed E-state index contributed by atoms with van der Waals surface area (Å²) in [6.07, 6.45) is 25.8. The van der Waals surface area contributed by atoms with Gasteiger partial charge in [0.1, 0.15) is 0 Å². The Morgan fingerprint density at radius 2 is 1.09 bits per heavy atom. The molecule has 1 atom stereocenters. The van der Waals surface area contributed by atoms with Crippen LogP contribution in [-0.2, 0) is 4.79 Å². The number of unbranched alkanes of at least 4 members (excludes halogenated alkanes) is 14. The number of carbonyl (C=O) groups excluding carboxylic acids is 1. The Balaban J connectivity index is 4.17. The van der Waals surface area contributed by atoms with E-state index in [4.69, 9.17) is 0 Å². The molecule has 0 heterocycles. The highest BCUT2D eigenvalue weighted by Gasteiger charge is 2.18. The molecule has 0 aromatic carbocycles. The first kappa shape index (κ1) is 34.4. The predicted molar refractivity (Wildman–Crippen MR) is 156 cm³/mol. The third-order valence-electron chi connectivity index (χ3n) is 7.48. The van der Waals surface area contributed by atoms with Gasteiger partial charge in [0, 0.05) is 19.0 Å². The van der Waals surface area contributed by atoms with Crippen molar-refractivity contribution in [3.8, 4) is 0 Å². The molecule has 1 unspecified atom stereocenters. The van der Waals surface area contributed by atoms with Gasteiger partial charge in [-0.25, -0.2) is 0 Å². The van der Waals surface area contributed by atoms with Crippen LogP contribution in [0.2, 0.25) is 0 Å². The Kier molecular flexibility index (Phi) is 26.0. The third-order valence-corrected chi connectivity index (χ3v) is 7.48. The van der Waals surface area contributed by atoms with Crippen LogP contribution in [0.25, 0.3) is 0 Å². The Bertz CT molecular complexity index is 443. The van der Waals surface area contributed by atoms with Crippen LogP contribution in [-0.4, -0.2) is 62.0 Å². The second kappa shape index (κ2) is 26.5. The first-order chi connectivity index (χ1) is 17.0. The fraction of sp³-hybridized carbons (Fsp3) is 0.968. The molecule has 0 radical (unpaired) electrons. The Morgan fingerprint density at radius 1 is 0.600 bits per heavy atom. The van der Waals surface area contributed by atoms with Crippen molar-refractivity contribution in [2.75, 3.05) is 40.3 Å². The minimum absolute atomic E-state index is 0.242. The van der Waals surface area contributed by atoms with Crippen LogP contribution in [0.5, 0.6) is 0 Å². The van der Waals surface area contributed by atoms with E-state index in [1.165, 1.54) is 109 Å². The summed E-state index contributed by atoms with van der Waals surface area (Å²) in [7, 11) is 4.49. The van der Waals surface area contributed by atoms with E-state index in [0.29, 0.717) is 12.5 Å². The summed E-state index contributed by atoms with van der Waals surface area (Å²) in [6.45, 7) is 11.0. The minimum Gasteiger partial charge on any atom is -0.356 e. The smallest absolute Gasteiger partial charge is 0.221 e. The molecular weight excluding hydrogens is 430 g/mol. The molecule has 4 heteroatoms. The highest BCUT2D eigenvalue weighted by atomic mass is 16.1. The van der Waals surface area contributed by atoms with E-state index in [0.717, 1.165) is 38.9 Å². The first-order valence-electron chi connectivity index (χ1n) is 15.7. The molecule has 0 aromatic rings. The van der Waals surface area contributed by atoms with Crippen molar-refractivity contribution < 1.29 is 4.79 Å². The number of hydrogen-bond donors (Lipinski definition) is 1. The summed E-state index contributed by atoms with van der Waals surface area (Å²) in [6, 6.07) is 0.380. The van der Waals surface area contributed by atoms with Gasteiger partial charge in [-0.15, -0.1) is 0 Å². The molecule has 1 amide bonds. The zero-order valence-electron chi connectivity index (χ0n) is 24.9. The summed E-state index contributed by atoms with van der Waals surface area (Å²) in [5, 5.41) is 3.14. The van der Waals surface area contributed by atoms with E-state index in [-0.39, 0.29) is 5.91 Å². The summed E-state index contributed by atoms with van der Waals surface area (Å²) in [5.41, 5.74) is 0. The molecule has 4 nitrogen and oxygen atoms in total. The molecule has 0 aromatic heterocycles. The summed E-state index contributed by atoms with van der Waals surface area (Å²) >= 11 is 0. The van der Waals surface area contributed by atoms with Crippen molar-refractivity contribution in [2.24, 2.45) is 0 Å². The molecule has 0 rings (SSSR count). The lowest BCUT2D eigenvalue weighted by Crippen LogP contribution is -2.38. The van der Waals surface area contributed by atoms with Gasteiger partial charge in [0.05, 0.1) is 0 Å². The van der Waals surface area contributed by atoms with Gasteiger partial charge in [-0.2, -0.15) is 0 Å². The SMILES string of the molecule is CCCCCCCCCCCCCCC(CC(=O)NCCCC)N(C)CCCN(C)CCCCC. The number of amides is 1. The average Bonchev–Trinajstić information content (AvgIpc) is 2.84. The second-order valence-corrected chi connectivity index (χ2v) is 11.1. The Morgan fingerprint density at radius 3 is 1.66 bits per heavy atom. The van der Waals surface area contributed by atoms with Crippen molar-refractivity contribution in [3.63, 3.8) is 0 Å². The van der Waals surface area contributed by atoms with Crippen LogP contribution < -0.4 is 5.32 Å². The monoisotopic (exact) mass is 496 g/mol. The van der Waals surface area contributed by atoms with Crippen molar-refractivity contribution in [1.82, 2.24) is 15.1 Å². The zero-order chi connectivity index (χ0) is 26.0. The van der Waals surface area contributed by atoms with Gasteiger partial charge in [-0.1, -0.05) is 117 Å². The molecule has 0 aliphatic heterocycles. The standard InChI is InChI=1S/C31H65N3O/c1-6-9-12-13-14-15-16-17-18-19-20-21-24-30(29-31(35)32-25-11-8-3)34(5)28-23-27-33(4)26-22-10-7-2/h30H,6-29H2,1-5H3,(H,32,35). The molecule has 35 heavy (non-hydrogen) atoms. The minimum atomic E-state index is 0.242. The van der Waals surface area contributed by atoms with Crippen molar-refractivity contribution in [1.29, 1.82) is 0 Å². The van der Waals surface area contributed by atoms with Crippen LogP contribution in [0.15, 0.2) is 0 Å². The fourth-order valence-corrected chi connectivity index (χ4v) is 4.91. The second-order valence-electron chi connectivity index (χ2n) is 11.1. The van der Waals surface area contributed by atoms with Crippen molar-refractivity contribution >= 4 is 5.91 Å². The van der Waals surface area contributed by atoms with E-state index < -0.39 is 0 Å². The molecule has 0 spiro atoms. The quantitative estimate of drug-likeness (QED) is 0.117. The van der Waals surface area contributed by atoms with E-state index in [9.17, 15) is 4.79 Å². The largest absolute Gasteiger partial charge is 0.356 e. The summed E-state index contributed by atoms with van der Waals surface area (Å²) in [4.78, 5) is 17.5. The molecular formula is C31H65N3O. The zero-order valence-corrected chi connectivity index (χ0v) is 24.9. The highest BCUT2D eigenvalue weighted by molar-refractivity contribution is 5.76. The van der Waals surface area contributed by atoms with Crippen LogP contribution >= 0.6 is 0 Å². The van der Waals surface area contributed by atoms with E-state index >= 15 is 0 Å². The molecule has 0 aliphatic rings. The lowest BCUT2D eigenvalue weighted by atomic mass is 10.0. The van der Waals surface area contributed by atoms with Gasteiger partial charge in [0.25, 0.3) is 0 Å². The summed E-state index contributed by atoms with van der Waals surface area (Å²) in [5.74, 6) is 0.242. The molecule has 0 saturated carbocycles. The number of carbonyl (C=O) groups is 1. The molecule has 0 fully saturated rings. The number of rotatable bonds is 27. The van der Waals surface area contributed by atoms with E-state index in [2.05, 4.69) is 50.0 Å². The normalized spacial score (nSPS) is 12.5. The number of hydrogen-bond acceptors (Lipinski definition) is 3. The van der Waals surface area contributed by atoms with Gasteiger partial charge >= 0.3 is 0 Å². The van der Waals surface area contributed by atoms with Crippen LogP contribution in [0.4, 0.5) is 0 Å². The lowest BCUT2D eigenvalue weighted by Gasteiger charge is -2.29. The molecule has 1 N–H and O–H groups in total. The lowest BCUT2D eigenvalue weighted by molar-refractivity contribution is -0.122. The number of nitrogens with one attached hydrogen (secondary N) is 1. The van der Waals surface area contributed by atoms with Crippen LogP contribution in [0.3, 0.4) is 0 Å². The topological polar surface area (TPSA) is 35.6 Å². The molecule has 0 bridgehead atoms. The summed E-state index contributed by atoms with van der Waals surface area (Å²) < 4.78 is 0. The maximum absolute atomic E-state index is 12.5. The van der Waals surface area contributed by atoms with E-state index in [1.54, 1.807) is 0 Å². The fourth-order valence-electron chi connectivity index (χ4n) is 4.91. The Hall–Kier alpha value is -0.610. The molecule has 0 saturated heterocycles.